The van der Waals surface area contributed by atoms with Crippen molar-refractivity contribution in [2.45, 2.75) is 13.0 Å². The number of carbonyl (C=O) groups is 2. The molecule has 1 atom stereocenters. The summed E-state index contributed by atoms with van der Waals surface area (Å²) < 4.78 is 16.4. The highest BCUT2D eigenvalue weighted by Gasteiger charge is 2.26. The molecule has 1 amide bonds. The van der Waals surface area contributed by atoms with Crippen molar-refractivity contribution in [1.82, 2.24) is 0 Å². The second-order valence-electron chi connectivity index (χ2n) is 6.42. The van der Waals surface area contributed by atoms with Gasteiger partial charge in [-0.1, -0.05) is 66.2 Å². The van der Waals surface area contributed by atoms with Crippen LogP contribution in [0, 0.1) is 0 Å². The monoisotopic (exact) mass is 439 g/mol. The maximum Gasteiger partial charge on any atom is 0.345 e. The summed E-state index contributed by atoms with van der Waals surface area (Å²) in [6, 6.07) is 22.6. The molecule has 3 aromatic rings. The highest BCUT2D eigenvalue weighted by Crippen LogP contribution is 2.27. The van der Waals surface area contributed by atoms with E-state index < -0.39 is 24.6 Å². The molecule has 1 N–H and O–H groups in total. The predicted octanol–water partition coefficient (Wildman–Crippen LogP) is 5.04. The number of amides is 1. The van der Waals surface area contributed by atoms with Crippen LogP contribution in [0.15, 0.2) is 78.9 Å². The molecule has 0 spiro atoms. The average molecular weight is 440 g/mol. The van der Waals surface area contributed by atoms with E-state index in [1.807, 2.05) is 13.0 Å². The summed E-state index contributed by atoms with van der Waals surface area (Å²) in [5.41, 5.74) is 1.01. The standard InChI is InChI=1S/C24H22ClNO5/c1-2-29-21-15-9-7-13-19(21)26-24(28)23(17-10-4-3-5-11-17)31-22(27)16-30-20-14-8-6-12-18(20)25/h3-15,23H,2,16H2,1H3,(H,26,28). The maximum absolute atomic E-state index is 13.0. The van der Waals surface area contributed by atoms with Crippen molar-refractivity contribution in [3.8, 4) is 11.5 Å². The number of halogens is 1. The fourth-order valence-corrected chi connectivity index (χ4v) is 3.00. The lowest BCUT2D eigenvalue weighted by Gasteiger charge is -2.19. The molecule has 0 aliphatic heterocycles. The summed E-state index contributed by atoms with van der Waals surface area (Å²) in [5, 5.41) is 3.15. The van der Waals surface area contributed by atoms with E-state index in [9.17, 15) is 9.59 Å². The van der Waals surface area contributed by atoms with Gasteiger partial charge < -0.3 is 19.5 Å². The summed E-state index contributed by atoms with van der Waals surface area (Å²) in [6.45, 7) is 1.91. The van der Waals surface area contributed by atoms with Gasteiger partial charge in [-0.2, -0.15) is 0 Å². The maximum atomic E-state index is 13.0. The normalized spacial score (nSPS) is 11.3. The number of benzene rings is 3. The number of ether oxygens (including phenoxy) is 3. The Morgan fingerprint density at radius 2 is 1.52 bits per heavy atom. The van der Waals surface area contributed by atoms with Crippen LogP contribution >= 0.6 is 11.6 Å². The van der Waals surface area contributed by atoms with Gasteiger partial charge in [0.25, 0.3) is 5.91 Å². The highest BCUT2D eigenvalue weighted by molar-refractivity contribution is 6.32. The summed E-state index contributed by atoms with van der Waals surface area (Å²) >= 11 is 6.04. The second kappa shape index (κ2) is 11.0. The van der Waals surface area contributed by atoms with Gasteiger partial charge in [0.15, 0.2) is 6.61 Å². The van der Waals surface area contributed by atoms with Gasteiger partial charge in [0.1, 0.15) is 11.5 Å². The number of esters is 1. The van der Waals surface area contributed by atoms with E-state index in [1.165, 1.54) is 0 Å². The minimum Gasteiger partial charge on any atom is -0.492 e. The van der Waals surface area contributed by atoms with Crippen molar-refractivity contribution in [3.05, 3.63) is 89.4 Å². The molecule has 0 aromatic heterocycles. The van der Waals surface area contributed by atoms with Crippen LogP contribution in [-0.4, -0.2) is 25.1 Å². The van der Waals surface area contributed by atoms with Crippen molar-refractivity contribution >= 4 is 29.2 Å². The van der Waals surface area contributed by atoms with Crippen LogP contribution in [0.25, 0.3) is 0 Å². The number of nitrogens with one attached hydrogen (secondary N) is 1. The van der Waals surface area contributed by atoms with E-state index >= 15 is 0 Å². The average Bonchev–Trinajstić information content (AvgIpc) is 2.79. The van der Waals surface area contributed by atoms with Crippen LogP contribution < -0.4 is 14.8 Å². The summed E-state index contributed by atoms with van der Waals surface area (Å²) in [7, 11) is 0. The lowest BCUT2D eigenvalue weighted by Crippen LogP contribution is -2.28. The number of hydrogen-bond acceptors (Lipinski definition) is 5. The summed E-state index contributed by atoms with van der Waals surface area (Å²) in [4.78, 5) is 25.5. The van der Waals surface area contributed by atoms with Gasteiger partial charge in [0, 0.05) is 5.56 Å². The Bertz CT molecular complexity index is 1030. The van der Waals surface area contributed by atoms with Gasteiger partial charge >= 0.3 is 5.97 Å². The van der Waals surface area contributed by atoms with Crippen LogP contribution in [0.5, 0.6) is 11.5 Å². The molecule has 160 valence electrons. The Labute approximate surface area is 185 Å². The molecule has 0 aliphatic rings. The van der Waals surface area contributed by atoms with Crippen molar-refractivity contribution in [2.75, 3.05) is 18.5 Å². The molecular formula is C24H22ClNO5. The van der Waals surface area contributed by atoms with Crippen LogP contribution in [0.2, 0.25) is 5.02 Å². The molecule has 0 saturated carbocycles. The Morgan fingerprint density at radius 3 is 2.23 bits per heavy atom. The fourth-order valence-electron chi connectivity index (χ4n) is 2.81. The number of hydrogen-bond donors (Lipinski definition) is 1. The Balaban J connectivity index is 1.73. The number of para-hydroxylation sites is 3. The molecule has 0 aliphatic carbocycles. The predicted molar refractivity (Wildman–Crippen MR) is 118 cm³/mol. The van der Waals surface area contributed by atoms with Crippen LogP contribution in [0.4, 0.5) is 5.69 Å². The first kappa shape index (κ1) is 22.2. The molecule has 31 heavy (non-hydrogen) atoms. The van der Waals surface area contributed by atoms with Crippen molar-refractivity contribution in [1.29, 1.82) is 0 Å². The van der Waals surface area contributed by atoms with Crippen molar-refractivity contribution in [3.63, 3.8) is 0 Å². The Morgan fingerprint density at radius 1 is 0.871 bits per heavy atom. The second-order valence-corrected chi connectivity index (χ2v) is 6.83. The zero-order valence-corrected chi connectivity index (χ0v) is 17.7. The van der Waals surface area contributed by atoms with Crippen LogP contribution in [0.3, 0.4) is 0 Å². The minimum absolute atomic E-state index is 0.354. The Kier molecular flexibility index (Phi) is 7.90. The lowest BCUT2D eigenvalue weighted by molar-refractivity contribution is -0.156. The van der Waals surface area contributed by atoms with E-state index in [-0.39, 0.29) is 0 Å². The van der Waals surface area contributed by atoms with E-state index in [0.717, 1.165) is 0 Å². The number of carbonyl (C=O) groups excluding carboxylic acids is 2. The number of rotatable bonds is 9. The van der Waals surface area contributed by atoms with E-state index in [2.05, 4.69) is 5.32 Å². The summed E-state index contributed by atoms with van der Waals surface area (Å²) in [5.74, 6) is -0.336. The topological polar surface area (TPSA) is 73.9 Å². The molecule has 6 nitrogen and oxygen atoms in total. The lowest BCUT2D eigenvalue weighted by atomic mass is 10.1. The van der Waals surface area contributed by atoms with Crippen molar-refractivity contribution in [2.24, 2.45) is 0 Å². The minimum atomic E-state index is -1.17. The summed E-state index contributed by atoms with van der Waals surface area (Å²) in [6.07, 6.45) is -1.17. The van der Waals surface area contributed by atoms with E-state index in [4.69, 9.17) is 25.8 Å². The Hall–Kier alpha value is -3.51. The largest absolute Gasteiger partial charge is 0.492 e. The van der Waals surface area contributed by atoms with E-state index in [1.54, 1.807) is 72.8 Å². The molecule has 0 fully saturated rings. The van der Waals surface area contributed by atoms with Gasteiger partial charge in [-0.05, 0) is 31.2 Å². The zero-order chi connectivity index (χ0) is 22.1. The quantitative estimate of drug-likeness (QED) is 0.473. The van der Waals surface area contributed by atoms with Gasteiger partial charge in [-0.3, -0.25) is 4.79 Å². The van der Waals surface area contributed by atoms with Gasteiger partial charge in [0.2, 0.25) is 6.10 Å². The zero-order valence-electron chi connectivity index (χ0n) is 16.9. The van der Waals surface area contributed by atoms with Crippen LogP contribution in [0.1, 0.15) is 18.6 Å². The first-order valence-electron chi connectivity index (χ1n) is 9.73. The molecule has 7 heteroatoms. The third-order valence-electron chi connectivity index (χ3n) is 4.22. The van der Waals surface area contributed by atoms with Gasteiger partial charge in [0.05, 0.1) is 17.3 Å². The molecule has 3 aromatic carbocycles. The first-order valence-corrected chi connectivity index (χ1v) is 10.1. The fraction of sp³-hybridized carbons (Fsp3) is 0.167. The molecule has 0 saturated heterocycles. The highest BCUT2D eigenvalue weighted by atomic mass is 35.5. The third kappa shape index (κ3) is 6.23. The molecule has 3 rings (SSSR count). The third-order valence-corrected chi connectivity index (χ3v) is 4.53. The number of anilines is 1. The first-order chi connectivity index (χ1) is 15.1. The molecule has 1 unspecified atom stereocenters. The smallest absolute Gasteiger partial charge is 0.345 e. The molecular weight excluding hydrogens is 418 g/mol. The SMILES string of the molecule is CCOc1ccccc1NC(=O)C(OC(=O)COc1ccccc1Cl)c1ccccc1. The van der Waals surface area contributed by atoms with Gasteiger partial charge in [-0.15, -0.1) is 0 Å². The van der Waals surface area contributed by atoms with E-state index in [0.29, 0.717) is 34.4 Å². The van der Waals surface area contributed by atoms with Crippen molar-refractivity contribution < 1.29 is 23.8 Å². The molecule has 0 bridgehead atoms. The van der Waals surface area contributed by atoms with Gasteiger partial charge in [-0.25, -0.2) is 4.79 Å². The van der Waals surface area contributed by atoms with Crippen LogP contribution in [-0.2, 0) is 14.3 Å². The molecule has 0 radical (unpaired) electrons. The molecule has 0 heterocycles.